The number of carbonyl (C=O) groups is 2. The molecule has 4 unspecified atom stereocenters. The molecule has 0 bridgehead atoms. The van der Waals surface area contributed by atoms with E-state index in [1.54, 1.807) is 6.20 Å². The average molecular weight is 371 g/mol. The first-order chi connectivity index (χ1) is 13.2. The summed E-state index contributed by atoms with van der Waals surface area (Å²) in [6.45, 7) is 4.26. The van der Waals surface area contributed by atoms with Crippen molar-refractivity contribution in [3.8, 4) is 0 Å². The molecule has 3 aliphatic rings. The van der Waals surface area contributed by atoms with Crippen molar-refractivity contribution in [3.05, 3.63) is 30.1 Å². The maximum Gasteiger partial charge on any atom is 0.241 e. The number of likely N-dealkylation sites (N-methyl/N-ethyl adjacent to an activating group) is 1. The highest BCUT2D eigenvalue weighted by atomic mass is 16.2. The van der Waals surface area contributed by atoms with E-state index in [1.807, 2.05) is 30.2 Å². The number of hydrogen-bond acceptors (Lipinski definition) is 5. The molecular weight excluding hydrogens is 342 g/mol. The van der Waals surface area contributed by atoms with Crippen molar-refractivity contribution in [3.63, 3.8) is 0 Å². The van der Waals surface area contributed by atoms with Gasteiger partial charge in [-0.1, -0.05) is 6.07 Å². The van der Waals surface area contributed by atoms with Crippen molar-refractivity contribution in [1.29, 1.82) is 0 Å². The third kappa shape index (κ3) is 3.58. The molecule has 2 amide bonds. The van der Waals surface area contributed by atoms with Crippen LogP contribution in [0.5, 0.6) is 0 Å². The largest absolute Gasteiger partial charge is 0.356 e. The Morgan fingerprint density at radius 1 is 1.33 bits per heavy atom. The highest BCUT2D eigenvalue weighted by Crippen LogP contribution is 2.37. The average Bonchev–Trinajstić information content (AvgIpc) is 3.19. The maximum atomic E-state index is 12.8. The molecule has 146 valence electrons. The molecule has 3 fully saturated rings. The van der Waals surface area contributed by atoms with Gasteiger partial charge in [-0.15, -0.1) is 0 Å². The lowest BCUT2D eigenvalue weighted by atomic mass is 9.78. The minimum atomic E-state index is -0.0175. The molecule has 0 aromatic carbocycles. The molecule has 4 atom stereocenters. The predicted octanol–water partition coefficient (Wildman–Crippen LogP) is 0.719. The highest BCUT2D eigenvalue weighted by Gasteiger charge is 2.50. The summed E-state index contributed by atoms with van der Waals surface area (Å²) in [5, 5.41) is 5.28. The Labute approximate surface area is 160 Å². The van der Waals surface area contributed by atoms with E-state index in [2.05, 4.69) is 20.7 Å². The molecule has 2 N–H and O–H groups in total. The van der Waals surface area contributed by atoms with Gasteiger partial charge in [0.2, 0.25) is 11.8 Å². The van der Waals surface area contributed by atoms with E-state index in [9.17, 15) is 9.59 Å². The summed E-state index contributed by atoms with van der Waals surface area (Å²) < 4.78 is 0. The Balaban J connectivity index is 1.36. The van der Waals surface area contributed by atoms with E-state index in [-0.39, 0.29) is 29.8 Å². The first kappa shape index (κ1) is 18.4. The number of fused-ring (bicyclic) bond motifs is 3. The van der Waals surface area contributed by atoms with Gasteiger partial charge < -0.3 is 10.2 Å². The normalized spacial score (nSPS) is 30.7. The van der Waals surface area contributed by atoms with Gasteiger partial charge in [0.1, 0.15) is 6.04 Å². The number of rotatable bonds is 5. The standard InChI is InChI=1S/C20H29N5O2/c1-2-24-18-12-15(19(26)22-10-7-14-4-3-9-21-13-14)5-6-16(18)25-17(20(24)27)8-11-23-25/h3-4,9,13,15-18,23H,2,5-8,10-12H2,1H3,(H,22,26). The van der Waals surface area contributed by atoms with E-state index in [0.717, 1.165) is 50.8 Å². The summed E-state index contributed by atoms with van der Waals surface area (Å²) in [6.07, 6.45) is 7.87. The molecule has 1 aromatic heterocycles. The van der Waals surface area contributed by atoms with Gasteiger partial charge in [-0.3, -0.25) is 20.0 Å². The van der Waals surface area contributed by atoms with Gasteiger partial charge in [-0.25, -0.2) is 5.01 Å². The molecule has 27 heavy (non-hydrogen) atoms. The Bertz CT molecular complexity index is 682. The van der Waals surface area contributed by atoms with Crippen LogP contribution >= 0.6 is 0 Å². The number of amides is 2. The van der Waals surface area contributed by atoms with Gasteiger partial charge in [-0.05, 0) is 50.7 Å². The first-order valence-corrected chi connectivity index (χ1v) is 10.2. The zero-order valence-electron chi connectivity index (χ0n) is 15.9. The number of hydrazine groups is 1. The molecule has 2 saturated heterocycles. The number of aromatic nitrogens is 1. The summed E-state index contributed by atoms with van der Waals surface area (Å²) in [6, 6.07) is 4.38. The number of nitrogens with zero attached hydrogens (tertiary/aromatic N) is 3. The van der Waals surface area contributed by atoms with Gasteiger partial charge in [-0.2, -0.15) is 0 Å². The fourth-order valence-corrected chi connectivity index (χ4v) is 4.96. The smallest absolute Gasteiger partial charge is 0.241 e. The van der Waals surface area contributed by atoms with Crippen molar-refractivity contribution >= 4 is 11.8 Å². The number of pyridine rings is 1. The number of hydrogen-bond donors (Lipinski definition) is 2. The van der Waals surface area contributed by atoms with Crippen LogP contribution in [0.3, 0.4) is 0 Å². The summed E-state index contributed by atoms with van der Waals surface area (Å²) in [4.78, 5) is 31.7. The van der Waals surface area contributed by atoms with Crippen molar-refractivity contribution < 1.29 is 9.59 Å². The van der Waals surface area contributed by atoms with Crippen molar-refractivity contribution in [2.75, 3.05) is 19.6 Å². The van der Waals surface area contributed by atoms with Crippen LogP contribution in [-0.4, -0.2) is 64.5 Å². The Morgan fingerprint density at radius 3 is 3.00 bits per heavy atom. The quantitative estimate of drug-likeness (QED) is 0.798. The molecule has 3 heterocycles. The van der Waals surface area contributed by atoms with Crippen LogP contribution in [0.4, 0.5) is 0 Å². The topological polar surface area (TPSA) is 77.6 Å². The van der Waals surface area contributed by atoms with Crippen LogP contribution in [0, 0.1) is 5.92 Å². The SMILES string of the molecule is CCN1C(=O)C2CCNN2C2CCC(C(=O)NCCc3cccnc3)CC21. The van der Waals surface area contributed by atoms with Crippen LogP contribution in [0.1, 0.15) is 38.2 Å². The van der Waals surface area contributed by atoms with Gasteiger partial charge >= 0.3 is 0 Å². The van der Waals surface area contributed by atoms with Gasteiger partial charge in [0.15, 0.2) is 0 Å². The van der Waals surface area contributed by atoms with Crippen molar-refractivity contribution in [1.82, 2.24) is 25.6 Å². The van der Waals surface area contributed by atoms with Crippen molar-refractivity contribution in [2.24, 2.45) is 5.92 Å². The van der Waals surface area contributed by atoms with Gasteiger partial charge in [0, 0.05) is 50.0 Å². The molecule has 1 aromatic rings. The lowest BCUT2D eigenvalue weighted by molar-refractivity contribution is -0.155. The first-order valence-electron chi connectivity index (χ1n) is 10.2. The fourth-order valence-electron chi connectivity index (χ4n) is 4.96. The summed E-state index contributed by atoms with van der Waals surface area (Å²) in [5.41, 5.74) is 4.54. The number of carbonyl (C=O) groups excluding carboxylic acids is 2. The Morgan fingerprint density at radius 2 is 2.22 bits per heavy atom. The predicted molar refractivity (Wildman–Crippen MR) is 102 cm³/mol. The van der Waals surface area contributed by atoms with Crippen LogP contribution in [-0.2, 0) is 16.0 Å². The minimum Gasteiger partial charge on any atom is -0.356 e. The highest BCUT2D eigenvalue weighted by molar-refractivity contribution is 5.84. The molecule has 4 rings (SSSR count). The second-order valence-electron chi connectivity index (χ2n) is 7.79. The van der Waals surface area contributed by atoms with Gasteiger partial charge in [0.25, 0.3) is 0 Å². The van der Waals surface area contributed by atoms with Crippen molar-refractivity contribution in [2.45, 2.75) is 57.2 Å². The van der Waals surface area contributed by atoms with Crippen LogP contribution in [0.15, 0.2) is 24.5 Å². The summed E-state index contributed by atoms with van der Waals surface area (Å²) in [5.74, 6) is 0.333. The molecule has 1 aliphatic carbocycles. The minimum absolute atomic E-state index is 0.0128. The van der Waals surface area contributed by atoms with E-state index in [1.165, 1.54) is 0 Å². The van der Waals surface area contributed by atoms with Gasteiger partial charge in [0.05, 0.1) is 0 Å². The fraction of sp³-hybridized carbons (Fsp3) is 0.650. The van der Waals surface area contributed by atoms with E-state index in [0.29, 0.717) is 12.6 Å². The number of piperazine rings is 1. The molecule has 0 spiro atoms. The lowest BCUT2D eigenvalue weighted by Gasteiger charge is -2.51. The summed E-state index contributed by atoms with van der Waals surface area (Å²) >= 11 is 0. The lowest BCUT2D eigenvalue weighted by Crippen LogP contribution is -2.68. The van der Waals surface area contributed by atoms with E-state index >= 15 is 0 Å². The maximum absolute atomic E-state index is 12.8. The second kappa shape index (κ2) is 7.94. The molecule has 7 nitrogen and oxygen atoms in total. The van der Waals surface area contributed by atoms with E-state index < -0.39 is 0 Å². The van der Waals surface area contributed by atoms with Crippen LogP contribution in [0.2, 0.25) is 0 Å². The van der Waals surface area contributed by atoms with Crippen LogP contribution < -0.4 is 10.7 Å². The summed E-state index contributed by atoms with van der Waals surface area (Å²) in [7, 11) is 0. The van der Waals surface area contributed by atoms with Crippen LogP contribution in [0.25, 0.3) is 0 Å². The zero-order valence-corrected chi connectivity index (χ0v) is 15.9. The monoisotopic (exact) mass is 371 g/mol. The van der Waals surface area contributed by atoms with E-state index in [4.69, 9.17) is 0 Å². The molecule has 7 heteroatoms. The molecule has 2 aliphatic heterocycles. The third-order valence-electron chi connectivity index (χ3n) is 6.30. The zero-order chi connectivity index (χ0) is 18.8. The second-order valence-corrected chi connectivity index (χ2v) is 7.79. The molecular formula is C20H29N5O2. The Kier molecular flexibility index (Phi) is 5.41. The Hall–Kier alpha value is -1.99. The molecule has 0 radical (unpaired) electrons. The molecule has 1 saturated carbocycles. The third-order valence-corrected chi connectivity index (χ3v) is 6.30. The number of nitrogens with one attached hydrogen (secondary N) is 2.